The molecule has 0 saturated carbocycles. The molecule has 7 heteroatoms. The van der Waals surface area contributed by atoms with Crippen LogP contribution in [0.1, 0.15) is 12.8 Å². The summed E-state index contributed by atoms with van der Waals surface area (Å²) in [5.74, 6) is -3.02. The third-order valence-electron chi connectivity index (χ3n) is 2.87. The van der Waals surface area contributed by atoms with Crippen LogP contribution in [0.5, 0.6) is 0 Å². The number of pyridine rings is 1. The van der Waals surface area contributed by atoms with Crippen LogP contribution in [0, 0.1) is 0 Å². The highest BCUT2D eigenvalue weighted by Gasteiger charge is 2.55. The number of carboxylic acid groups (broad SMARTS) is 2. The lowest BCUT2D eigenvalue weighted by Crippen LogP contribution is -2.60. The molecule has 2 rings (SSSR count). The van der Waals surface area contributed by atoms with E-state index in [0.29, 0.717) is 5.82 Å². The third-order valence-corrected chi connectivity index (χ3v) is 2.87. The fourth-order valence-corrected chi connectivity index (χ4v) is 2.14. The zero-order valence-electron chi connectivity index (χ0n) is 9.25. The summed E-state index contributed by atoms with van der Waals surface area (Å²) < 4.78 is 1.33. The zero-order valence-corrected chi connectivity index (χ0v) is 9.25. The normalized spacial score (nSPS) is 21.2. The molecule has 1 amide bonds. The van der Waals surface area contributed by atoms with Crippen molar-refractivity contribution in [2.45, 2.75) is 18.4 Å². The summed E-state index contributed by atoms with van der Waals surface area (Å²) in [5.41, 5.74) is -1.67. The molecule has 0 aliphatic carbocycles. The molecule has 0 unspecified atom stereocenters. The van der Waals surface area contributed by atoms with Gasteiger partial charge in [-0.3, -0.25) is 4.79 Å². The number of carbonyl (C=O) groups excluding carboxylic acids is 2. The van der Waals surface area contributed by atoms with Crippen LogP contribution >= 0.6 is 0 Å². The molecule has 1 atom stereocenters. The number of aromatic nitrogens is 1. The number of nitrogens with zero attached hydrogens (tertiary/aromatic N) is 1. The van der Waals surface area contributed by atoms with E-state index in [0.717, 1.165) is 0 Å². The fourth-order valence-electron chi connectivity index (χ4n) is 2.14. The van der Waals surface area contributed by atoms with E-state index in [-0.39, 0.29) is 0 Å². The largest absolute Gasteiger partial charge is 0.550 e. The number of fused-ring (bicyclic) bond motifs is 1. The van der Waals surface area contributed by atoms with Gasteiger partial charge in [0, 0.05) is 18.5 Å². The van der Waals surface area contributed by atoms with Gasteiger partial charge in [-0.2, -0.15) is 0 Å². The van der Waals surface area contributed by atoms with Crippen molar-refractivity contribution < 1.29 is 29.2 Å². The maximum absolute atomic E-state index is 11.9. The SMILES string of the molecule is O=C([O-])C[C@]1(CC(=O)O)C(=O)Nc2cccc[n+]21. The predicted molar refractivity (Wildman–Crippen MR) is 55.1 cm³/mol. The average molecular weight is 250 g/mol. The van der Waals surface area contributed by atoms with E-state index in [4.69, 9.17) is 5.11 Å². The van der Waals surface area contributed by atoms with Crippen molar-refractivity contribution in [3.8, 4) is 0 Å². The van der Waals surface area contributed by atoms with Gasteiger partial charge in [-0.25, -0.2) is 14.7 Å². The van der Waals surface area contributed by atoms with Gasteiger partial charge in [0.15, 0.2) is 0 Å². The number of hydrogen-bond acceptors (Lipinski definition) is 4. The fraction of sp³-hybridized carbons (Fsp3) is 0.273. The van der Waals surface area contributed by atoms with Crippen LogP contribution in [0.2, 0.25) is 0 Å². The molecule has 0 spiro atoms. The highest BCUT2D eigenvalue weighted by atomic mass is 16.4. The van der Waals surface area contributed by atoms with Gasteiger partial charge in [-0.1, -0.05) is 6.07 Å². The van der Waals surface area contributed by atoms with Crippen molar-refractivity contribution in [1.82, 2.24) is 0 Å². The Morgan fingerprint density at radius 2 is 2.11 bits per heavy atom. The smallest absolute Gasteiger partial charge is 0.356 e. The first-order valence-electron chi connectivity index (χ1n) is 5.20. The van der Waals surface area contributed by atoms with E-state index >= 15 is 0 Å². The van der Waals surface area contributed by atoms with E-state index < -0.39 is 36.2 Å². The molecular formula is C11H10N2O5. The Hall–Kier alpha value is -2.44. The van der Waals surface area contributed by atoms with Crippen LogP contribution in [-0.2, 0) is 19.9 Å². The number of amides is 1. The number of hydrogen-bond donors (Lipinski definition) is 2. The first-order chi connectivity index (χ1) is 8.45. The molecule has 1 aromatic rings. The second-order valence-electron chi connectivity index (χ2n) is 4.06. The van der Waals surface area contributed by atoms with E-state index in [1.54, 1.807) is 18.2 Å². The monoisotopic (exact) mass is 250 g/mol. The van der Waals surface area contributed by atoms with Crippen molar-refractivity contribution >= 4 is 23.7 Å². The van der Waals surface area contributed by atoms with Crippen LogP contribution in [0.15, 0.2) is 24.4 Å². The van der Waals surface area contributed by atoms with Gasteiger partial charge in [-0.05, 0) is 6.07 Å². The highest BCUT2D eigenvalue weighted by Crippen LogP contribution is 2.27. The Morgan fingerprint density at radius 1 is 1.39 bits per heavy atom. The van der Waals surface area contributed by atoms with Crippen molar-refractivity contribution in [3.05, 3.63) is 24.4 Å². The first kappa shape index (κ1) is 12.0. The molecule has 1 aromatic heterocycles. The molecule has 0 saturated heterocycles. The lowest BCUT2D eigenvalue weighted by Gasteiger charge is -2.21. The number of carbonyl (C=O) groups is 3. The third kappa shape index (κ3) is 1.79. The molecule has 0 bridgehead atoms. The van der Waals surface area contributed by atoms with Gasteiger partial charge in [0.05, 0.1) is 6.20 Å². The van der Waals surface area contributed by atoms with E-state index in [2.05, 4.69) is 5.32 Å². The molecule has 0 fully saturated rings. The van der Waals surface area contributed by atoms with Gasteiger partial charge >= 0.3 is 11.9 Å². The number of carboxylic acids is 2. The van der Waals surface area contributed by atoms with Crippen molar-refractivity contribution in [1.29, 1.82) is 0 Å². The first-order valence-corrected chi connectivity index (χ1v) is 5.20. The maximum Gasteiger partial charge on any atom is 0.356 e. The molecule has 0 aromatic carbocycles. The summed E-state index contributed by atoms with van der Waals surface area (Å²) in [6.45, 7) is 0. The van der Waals surface area contributed by atoms with Crippen molar-refractivity contribution in [2.75, 3.05) is 5.32 Å². The highest BCUT2D eigenvalue weighted by molar-refractivity contribution is 6.00. The number of aliphatic carboxylic acids is 2. The number of anilines is 1. The predicted octanol–water partition coefficient (Wildman–Crippen LogP) is -1.76. The Bertz CT molecular complexity index is 524. The topological polar surface area (TPSA) is 110 Å². The van der Waals surface area contributed by atoms with Gasteiger partial charge in [0.1, 0.15) is 6.42 Å². The molecule has 2 N–H and O–H groups in total. The molecule has 1 aliphatic heterocycles. The maximum atomic E-state index is 11.9. The lowest BCUT2D eigenvalue weighted by molar-refractivity contribution is -0.728. The minimum absolute atomic E-state index is 0.366. The summed E-state index contributed by atoms with van der Waals surface area (Å²) in [4.78, 5) is 33.6. The zero-order chi connectivity index (χ0) is 13.3. The standard InChI is InChI=1S/C11H10N2O5/c14-8(15)5-11(6-9(16)17)10(18)12-7-3-1-2-4-13(7)11/h1-4H,5-6H2,(H2,14,15,16,17). The lowest BCUT2D eigenvalue weighted by atomic mass is 9.90. The molecular weight excluding hydrogens is 240 g/mol. The Labute approximate surface area is 102 Å². The Balaban J connectivity index is 2.55. The number of nitrogens with one attached hydrogen (secondary N) is 1. The minimum Gasteiger partial charge on any atom is -0.550 e. The van der Waals surface area contributed by atoms with Gasteiger partial charge in [0.2, 0.25) is 5.54 Å². The summed E-state index contributed by atoms with van der Waals surface area (Å²) in [6, 6.07) is 4.81. The summed E-state index contributed by atoms with van der Waals surface area (Å²) >= 11 is 0. The molecule has 1 aliphatic rings. The molecule has 18 heavy (non-hydrogen) atoms. The minimum atomic E-state index is -1.67. The van der Waals surface area contributed by atoms with Crippen LogP contribution in [0.25, 0.3) is 0 Å². The Morgan fingerprint density at radius 3 is 2.72 bits per heavy atom. The molecule has 0 radical (unpaired) electrons. The van der Waals surface area contributed by atoms with Crippen LogP contribution in [-0.4, -0.2) is 23.0 Å². The van der Waals surface area contributed by atoms with Gasteiger partial charge in [0.25, 0.3) is 5.82 Å². The summed E-state index contributed by atoms with van der Waals surface area (Å²) in [7, 11) is 0. The summed E-state index contributed by atoms with van der Waals surface area (Å²) in [6.07, 6.45) is 0.167. The second-order valence-corrected chi connectivity index (χ2v) is 4.06. The van der Waals surface area contributed by atoms with E-state index in [1.165, 1.54) is 10.8 Å². The number of rotatable bonds is 4. The molecule has 2 heterocycles. The van der Waals surface area contributed by atoms with E-state index in [1.807, 2.05) is 0 Å². The van der Waals surface area contributed by atoms with E-state index in [9.17, 15) is 19.5 Å². The van der Waals surface area contributed by atoms with Crippen LogP contribution < -0.4 is 15.0 Å². The van der Waals surface area contributed by atoms with Crippen LogP contribution in [0.4, 0.5) is 5.82 Å². The average Bonchev–Trinajstić information content (AvgIpc) is 2.51. The van der Waals surface area contributed by atoms with Crippen LogP contribution in [0.3, 0.4) is 0 Å². The van der Waals surface area contributed by atoms with Gasteiger partial charge < -0.3 is 15.0 Å². The van der Waals surface area contributed by atoms with Gasteiger partial charge in [-0.15, -0.1) is 0 Å². The molecule has 94 valence electrons. The molecule has 7 nitrogen and oxygen atoms in total. The van der Waals surface area contributed by atoms with Crippen molar-refractivity contribution in [3.63, 3.8) is 0 Å². The second kappa shape index (κ2) is 4.10. The Kier molecular flexibility index (Phi) is 2.74. The quantitative estimate of drug-likeness (QED) is 0.615. The summed E-state index contributed by atoms with van der Waals surface area (Å²) in [5, 5.41) is 22.2. The van der Waals surface area contributed by atoms with Crippen molar-refractivity contribution in [2.24, 2.45) is 0 Å².